The third-order valence-corrected chi connectivity index (χ3v) is 5.71. The number of guanidine groups is 1. The summed E-state index contributed by atoms with van der Waals surface area (Å²) >= 11 is 0. The van der Waals surface area contributed by atoms with E-state index in [0.29, 0.717) is 19.2 Å². The lowest BCUT2D eigenvalue weighted by Gasteiger charge is -2.31. The summed E-state index contributed by atoms with van der Waals surface area (Å²) in [6.45, 7) is 4.86. The number of halogens is 1. The van der Waals surface area contributed by atoms with Crippen LogP contribution in [-0.4, -0.2) is 69.3 Å². The van der Waals surface area contributed by atoms with Crippen LogP contribution in [0.5, 0.6) is 5.75 Å². The van der Waals surface area contributed by atoms with E-state index in [1.807, 2.05) is 25.2 Å². The second-order valence-corrected chi connectivity index (χ2v) is 8.06. The average Bonchev–Trinajstić information content (AvgIpc) is 2.81. The van der Waals surface area contributed by atoms with Crippen molar-refractivity contribution in [2.45, 2.75) is 32.0 Å². The Morgan fingerprint density at radius 3 is 2.50 bits per heavy atom. The number of hydrogen-bond donors (Lipinski definition) is 1. The number of likely N-dealkylation sites (N-methyl/N-ethyl adjacent to an activating group) is 1. The van der Waals surface area contributed by atoms with Crippen LogP contribution in [0.2, 0.25) is 0 Å². The Morgan fingerprint density at radius 1 is 1.06 bits per heavy atom. The van der Waals surface area contributed by atoms with E-state index in [0.717, 1.165) is 50.9 Å². The molecule has 1 aliphatic heterocycles. The predicted molar refractivity (Wildman–Crippen MR) is 142 cm³/mol. The van der Waals surface area contributed by atoms with E-state index in [2.05, 4.69) is 70.6 Å². The lowest BCUT2D eigenvalue weighted by Crippen LogP contribution is -2.38. The Morgan fingerprint density at radius 2 is 1.78 bits per heavy atom. The second-order valence-electron chi connectivity index (χ2n) is 8.06. The molecule has 7 heteroatoms. The van der Waals surface area contributed by atoms with Crippen LogP contribution >= 0.6 is 24.0 Å². The highest BCUT2D eigenvalue weighted by Crippen LogP contribution is 2.15. The molecule has 0 spiro atoms. The van der Waals surface area contributed by atoms with Gasteiger partial charge in [-0.1, -0.05) is 42.5 Å². The summed E-state index contributed by atoms with van der Waals surface area (Å²) in [5.41, 5.74) is 2.43. The maximum absolute atomic E-state index is 6.03. The molecular weight excluding hydrogens is 515 g/mol. The van der Waals surface area contributed by atoms with Crippen molar-refractivity contribution in [3.8, 4) is 5.75 Å². The molecule has 0 aliphatic carbocycles. The molecule has 1 N–H and O–H groups in total. The second kappa shape index (κ2) is 14.3. The molecule has 3 rings (SSSR count). The zero-order chi connectivity index (χ0) is 21.9. The quantitative estimate of drug-likeness (QED) is 0.290. The zero-order valence-corrected chi connectivity index (χ0v) is 21.8. The summed E-state index contributed by atoms with van der Waals surface area (Å²) in [6.07, 6.45) is 2.22. The standard InChI is InChI=1S/C25H36N4O2.HI/c1-26-25(29(3)20-21-8-5-4-6-9-21)27-19-22-10-7-11-24(18-22)31-17-14-28(2)23-12-15-30-16-13-23;/h4-11,18,23H,12-17,19-20H2,1-3H3,(H,26,27);1H. The van der Waals surface area contributed by atoms with Crippen LogP contribution in [0, 0.1) is 0 Å². The van der Waals surface area contributed by atoms with Gasteiger partial charge in [0.1, 0.15) is 12.4 Å². The summed E-state index contributed by atoms with van der Waals surface area (Å²) in [5.74, 6) is 1.78. The van der Waals surface area contributed by atoms with E-state index in [-0.39, 0.29) is 24.0 Å². The molecule has 176 valence electrons. The van der Waals surface area contributed by atoms with Crippen LogP contribution in [0.15, 0.2) is 59.6 Å². The first-order chi connectivity index (χ1) is 15.2. The minimum atomic E-state index is 0. The van der Waals surface area contributed by atoms with Gasteiger partial charge in [0.05, 0.1) is 0 Å². The fraction of sp³-hybridized carbons (Fsp3) is 0.480. The van der Waals surface area contributed by atoms with Gasteiger partial charge < -0.3 is 19.7 Å². The van der Waals surface area contributed by atoms with E-state index < -0.39 is 0 Å². The molecular formula is C25H37IN4O2. The van der Waals surface area contributed by atoms with Gasteiger partial charge in [-0.05, 0) is 43.1 Å². The minimum absolute atomic E-state index is 0. The van der Waals surface area contributed by atoms with Crippen molar-refractivity contribution in [2.24, 2.45) is 4.99 Å². The molecule has 2 aromatic carbocycles. The normalized spacial score (nSPS) is 14.7. The van der Waals surface area contributed by atoms with Gasteiger partial charge in [0.2, 0.25) is 0 Å². The van der Waals surface area contributed by atoms with Crippen LogP contribution in [0.3, 0.4) is 0 Å². The lowest BCUT2D eigenvalue weighted by molar-refractivity contribution is 0.0392. The Kier molecular flexibility index (Phi) is 11.8. The van der Waals surface area contributed by atoms with Crippen molar-refractivity contribution < 1.29 is 9.47 Å². The zero-order valence-electron chi connectivity index (χ0n) is 19.5. The van der Waals surface area contributed by atoms with Crippen molar-refractivity contribution >= 4 is 29.9 Å². The maximum Gasteiger partial charge on any atom is 0.193 e. The molecule has 0 aromatic heterocycles. The van der Waals surface area contributed by atoms with E-state index in [1.165, 1.54) is 11.1 Å². The van der Waals surface area contributed by atoms with E-state index in [4.69, 9.17) is 9.47 Å². The van der Waals surface area contributed by atoms with Crippen LogP contribution in [0.25, 0.3) is 0 Å². The molecule has 1 fully saturated rings. The van der Waals surface area contributed by atoms with E-state index >= 15 is 0 Å². The summed E-state index contributed by atoms with van der Waals surface area (Å²) in [7, 11) is 6.05. The Balaban J connectivity index is 0.00000363. The number of benzene rings is 2. The molecule has 0 bridgehead atoms. The fourth-order valence-corrected chi connectivity index (χ4v) is 3.86. The largest absolute Gasteiger partial charge is 0.492 e. The number of nitrogens with one attached hydrogen (secondary N) is 1. The summed E-state index contributed by atoms with van der Waals surface area (Å²) < 4.78 is 11.5. The van der Waals surface area contributed by atoms with Crippen molar-refractivity contribution in [1.29, 1.82) is 0 Å². The Bertz CT molecular complexity index is 813. The van der Waals surface area contributed by atoms with E-state index in [1.54, 1.807) is 0 Å². The van der Waals surface area contributed by atoms with Crippen LogP contribution in [-0.2, 0) is 17.8 Å². The SMILES string of the molecule is CN=C(NCc1cccc(OCCN(C)C2CCOCC2)c1)N(C)Cc1ccccc1.I. The molecule has 2 aromatic rings. The highest BCUT2D eigenvalue weighted by atomic mass is 127. The van der Waals surface area contributed by atoms with Crippen molar-refractivity contribution in [2.75, 3.05) is 47.5 Å². The first-order valence-electron chi connectivity index (χ1n) is 11.1. The van der Waals surface area contributed by atoms with Gasteiger partial charge in [-0.3, -0.25) is 9.89 Å². The molecule has 6 nitrogen and oxygen atoms in total. The minimum Gasteiger partial charge on any atom is -0.492 e. The van der Waals surface area contributed by atoms with Crippen molar-refractivity contribution in [3.05, 3.63) is 65.7 Å². The molecule has 0 saturated carbocycles. The highest BCUT2D eigenvalue weighted by molar-refractivity contribution is 14.0. The number of aliphatic imine (C=N–C) groups is 1. The molecule has 0 atom stereocenters. The van der Waals surface area contributed by atoms with Crippen LogP contribution < -0.4 is 10.1 Å². The van der Waals surface area contributed by atoms with Gasteiger partial charge in [0.25, 0.3) is 0 Å². The van der Waals surface area contributed by atoms with Crippen molar-refractivity contribution in [3.63, 3.8) is 0 Å². The number of nitrogens with zero attached hydrogens (tertiary/aromatic N) is 3. The number of hydrogen-bond acceptors (Lipinski definition) is 4. The fourth-order valence-electron chi connectivity index (χ4n) is 3.86. The van der Waals surface area contributed by atoms with Gasteiger partial charge in [-0.15, -0.1) is 24.0 Å². The Labute approximate surface area is 210 Å². The number of rotatable bonds is 9. The first-order valence-corrected chi connectivity index (χ1v) is 11.1. The van der Waals surface area contributed by atoms with Gasteiger partial charge in [-0.25, -0.2) is 0 Å². The third kappa shape index (κ3) is 8.60. The van der Waals surface area contributed by atoms with Gasteiger partial charge in [-0.2, -0.15) is 0 Å². The molecule has 0 radical (unpaired) electrons. The molecule has 32 heavy (non-hydrogen) atoms. The highest BCUT2D eigenvalue weighted by Gasteiger charge is 2.18. The topological polar surface area (TPSA) is 49.3 Å². The summed E-state index contributed by atoms with van der Waals surface area (Å²) in [6, 6.07) is 19.3. The van der Waals surface area contributed by atoms with Crippen LogP contribution in [0.1, 0.15) is 24.0 Å². The smallest absolute Gasteiger partial charge is 0.193 e. The van der Waals surface area contributed by atoms with Gasteiger partial charge in [0.15, 0.2) is 5.96 Å². The summed E-state index contributed by atoms with van der Waals surface area (Å²) in [4.78, 5) is 8.94. The first kappa shape index (κ1) is 26.4. The van der Waals surface area contributed by atoms with Gasteiger partial charge in [0, 0.05) is 53.0 Å². The maximum atomic E-state index is 6.03. The van der Waals surface area contributed by atoms with Crippen LogP contribution in [0.4, 0.5) is 0 Å². The molecule has 1 saturated heterocycles. The lowest BCUT2D eigenvalue weighted by atomic mass is 10.1. The number of ether oxygens (including phenoxy) is 2. The monoisotopic (exact) mass is 552 g/mol. The predicted octanol–water partition coefficient (Wildman–Crippen LogP) is 4.00. The summed E-state index contributed by atoms with van der Waals surface area (Å²) in [5, 5.41) is 3.45. The van der Waals surface area contributed by atoms with Crippen molar-refractivity contribution in [1.82, 2.24) is 15.1 Å². The molecule has 0 amide bonds. The van der Waals surface area contributed by atoms with Gasteiger partial charge >= 0.3 is 0 Å². The average molecular weight is 553 g/mol. The third-order valence-electron chi connectivity index (χ3n) is 5.71. The van der Waals surface area contributed by atoms with E-state index in [9.17, 15) is 0 Å². The molecule has 1 aliphatic rings. The Hall–Kier alpha value is -1.84. The molecule has 0 unspecified atom stereocenters. The molecule has 1 heterocycles.